The van der Waals surface area contributed by atoms with E-state index in [4.69, 9.17) is 0 Å². The van der Waals surface area contributed by atoms with Crippen molar-refractivity contribution < 1.29 is 9.90 Å². The Kier molecular flexibility index (Phi) is 5.56. The van der Waals surface area contributed by atoms with E-state index in [9.17, 15) is 9.90 Å². The van der Waals surface area contributed by atoms with Gasteiger partial charge >= 0.3 is 0 Å². The molecule has 0 saturated heterocycles. The Labute approximate surface area is 138 Å². The molecule has 0 aliphatic rings. The van der Waals surface area contributed by atoms with Crippen LogP contribution in [0.3, 0.4) is 0 Å². The van der Waals surface area contributed by atoms with Crippen molar-refractivity contribution in [3.63, 3.8) is 0 Å². The minimum atomic E-state index is -0.702. The molecule has 0 aliphatic heterocycles. The second-order valence-electron chi connectivity index (χ2n) is 5.99. The standard InChI is InChI=1S/C20H25NO2/c1-4-19(23)20(14-15(2)21-3,16-8-6-5-7-9-16)17-10-12-18(22)13-11-17/h5-13,15,21-22H,4,14H2,1-3H3. The Morgan fingerprint density at radius 2 is 1.65 bits per heavy atom. The SMILES string of the molecule is CCC(=O)C(CC(C)NC)(c1ccccc1)c1ccc(O)cc1. The van der Waals surface area contributed by atoms with Gasteiger partial charge in [-0.25, -0.2) is 0 Å². The van der Waals surface area contributed by atoms with Crippen molar-refractivity contribution in [2.75, 3.05) is 7.05 Å². The minimum Gasteiger partial charge on any atom is -0.508 e. The fraction of sp³-hybridized carbons (Fsp3) is 0.350. The van der Waals surface area contributed by atoms with Gasteiger partial charge in [0.2, 0.25) is 0 Å². The summed E-state index contributed by atoms with van der Waals surface area (Å²) < 4.78 is 0. The summed E-state index contributed by atoms with van der Waals surface area (Å²) in [6.45, 7) is 3.99. The lowest BCUT2D eigenvalue weighted by atomic mass is 9.67. The number of hydrogen-bond acceptors (Lipinski definition) is 3. The van der Waals surface area contributed by atoms with Crippen LogP contribution in [0.5, 0.6) is 5.75 Å². The predicted octanol–water partition coefficient (Wildman–Crippen LogP) is 3.66. The van der Waals surface area contributed by atoms with Gasteiger partial charge in [0, 0.05) is 12.5 Å². The molecule has 2 aromatic carbocycles. The fourth-order valence-electron chi connectivity index (χ4n) is 3.17. The van der Waals surface area contributed by atoms with E-state index in [0.717, 1.165) is 11.1 Å². The van der Waals surface area contributed by atoms with E-state index in [-0.39, 0.29) is 17.6 Å². The normalized spacial score (nSPS) is 14.9. The van der Waals surface area contributed by atoms with Crippen LogP contribution in [0, 0.1) is 0 Å². The van der Waals surface area contributed by atoms with Crippen molar-refractivity contribution in [1.82, 2.24) is 5.32 Å². The number of phenolic OH excluding ortho intramolecular Hbond substituents is 1. The summed E-state index contributed by atoms with van der Waals surface area (Å²) in [6.07, 6.45) is 1.14. The molecule has 0 aliphatic carbocycles. The molecule has 2 aromatic rings. The van der Waals surface area contributed by atoms with Crippen LogP contribution < -0.4 is 5.32 Å². The average Bonchev–Trinajstić information content (AvgIpc) is 2.60. The first-order valence-electron chi connectivity index (χ1n) is 8.10. The van der Waals surface area contributed by atoms with Gasteiger partial charge in [0.1, 0.15) is 11.5 Å². The van der Waals surface area contributed by atoms with Gasteiger partial charge in [-0.05, 0) is 43.7 Å². The highest BCUT2D eigenvalue weighted by Gasteiger charge is 2.41. The first-order valence-corrected chi connectivity index (χ1v) is 8.10. The first-order chi connectivity index (χ1) is 11.0. The number of hydrogen-bond donors (Lipinski definition) is 2. The van der Waals surface area contributed by atoms with Crippen LogP contribution >= 0.6 is 0 Å². The molecule has 0 heterocycles. The quantitative estimate of drug-likeness (QED) is 0.820. The lowest BCUT2D eigenvalue weighted by molar-refractivity contribution is -0.123. The topological polar surface area (TPSA) is 49.3 Å². The molecule has 0 saturated carbocycles. The predicted molar refractivity (Wildman–Crippen MR) is 93.8 cm³/mol. The molecule has 0 aromatic heterocycles. The van der Waals surface area contributed by atoms with Crippen molar-refractivity contribution in [3.05, 3.63) is 65.7 Å². The Bertz CT molecular complexity index is 636. The fourth-order valence-corrected chi connectivity index (χ4v) is 3.17. The second kappa shape index (κ2) is 7.42. The number of benzene rings is 2. The third kappa shape index (κ3) is 3.45. The third-order valence-electron chi connectivity index (χ3n) is 4.53. The van der Waals surface area contributed by atoms with Gasteiger partial charge in [-0.1, -0.05) is 49.4 Å². The van der Waals surface area contributed by atoms with Gasteiger partial charge in [0.05, 0.1) is 5.41 Å². The highest BCUT2D eigenvalue weighted by atomic mass is 16.3. The molecule has 2 atom stereocenters. The summed E-state index contributed by atoms with van der Waals surface area (Å²) in [4.78, 5) is 13.1. The number of carbonyl (C=O) groups excluding carboxylic acids is 1. The van der Waals surface area contributed by atoms with Crippen molar-refractivity contribution >= 4 is 5.78 Å². The third-order valence-corrected chi connectivity index (χ3v) is 4.53. The molecule has 0 bridgehead atoms. The summed E-state index contributed by atoms with van der Waals surface area (Å²) in [5.74, 6) is 0.401. The molecule has 3 nitrogen and oxygen atoms in total. The number of rotatable bonds is 7. The maximum atomic E-state index is 13.1. The van der Waals surface area contributed by atoms with Crippen molar-refractivity contribution in [1.29, 1.82) is 0 Å². The van der Waals surface area contributed by atoms with Crippen LogP contribution in [0.1, 0.15) is 37.8 Å². The van der Waals surface area contributed by atoms with Crippen LogP contribution in [0.4, 0.5) is 0 Å². The molecule has 2 rings (SSSR count). The van der Waals surface area contributed by atoms with Crippen molar-refractivity contribution in [3.8, 4) is 5.75 Å². The second-order valence-corrected chi connectivity index (χ2v) is 5.99. The average molecular weight is 311 g/mol. The number of ketones is 1. The van der Waals surface area contributed by atoms with E-state index in [1.165, 1.54) is 0 Å². The van der Waals surface area contributed by atoms with Gasteiger partial charge in [-0.3, -0.25) is 4.79 Å². The number of phenols is 1. The van der Waals surface area contributed by atoms with Crippen LogP contribution in [-0.4, -0.2) is 24.0 Å². The maximum Gasteiger partial charge on any atom is 0.147 e. The molecule has 0 fully saturated rings. The van der Waals surface area contributed by atoms with Gasteiger partial charge < -0.3 is 10.4 Å². The van der Waals surface area contributed by atoms with Crippen LogP contribution in [-0.2, 0) is 10.2 Å². The molecule has 2 unspecified atom stereocenters. The molecule has 3 heteroatoms. The summed E-state index contributed by atoms with van der Waals surface area (Å²) in [5.41, 5.74) is 1.22. The van der Waals surface area contributed by atoms with Gasteiger partial charge in [0.25, 0.3) is 0 Å². The van der Waals surface area contributed by atoms with Crippen LogP contribution in [0.15, 0.2) is 54.6 Å². The molecule has 2 N–H and O–H groups in total. The monoisotopic (exact) mass is 311 g/mol. The molecule has 122 valence electrons. The summed E-state index contributed by atoms with van der Waals surface area (Å²) >= 11 is 0. The lowest BCUT2D eigenvalue weighted by Gasteiger charge is -2.36. The minimum absolute atomic E-state index is 0.180. The van der Waals surface area contributed by atoms with E-state index in [1.54, 1.807) is 12.1 Å². The highest BCUT2D eigenvalue weighted by Crippen LogP contribution is 2.39. The Hall–Kier alpha value is -2.13. The van der Waals surface area contributed by atoms with E-state index in [1.807, 2.05) is 56.4 Å². The van der Waals surface area contributed by atoms with Crippen molar-refractivity contribution in [2.24, 2.45) is 0 Å². The molecule has 0 amide bonds. The first kappa shape index (κ1) is 17.2. The van der Waals surface area contributed by atoms with Crippen molar-refractivity contribution in [2.45, 2.75) is 38.1 Å². The highest BCUT2D eigenvalue weighted by molar-refractivity contribution is 5.93. The van der Waals surface area contributed by atoms with Gasteiger partial charge in [-0.15, -0.1) is 0 Å². The Morgan fingerprint density at radius 1 is 1.09 bits per heavy atom. The zero-order chi connectivity index (χ0) is 16.9. The number of aromatic hydroxyl groups is 1. The molecule has 23 heavy (non-hydrogen) atoms. The number of nitrogens with one attached hydrogen (secondary N) is 1. The zero-order valence-corrected chi connectivity index (χ0v) is 14.0. The van der Waals surface area contributed by atoms with Crippen LogP contribution in [0.2, 0.25) is 0 Å². The van der Waals surface area contributed by atoms with E-state index in [2.05, 4.69) is 12.2 Å². The summed E-state index contributed by atoms with van der Waals surface area (Å²) in [7, 11) is 1.91. The van der Waals surface area contributed by atoms with Crippen LogP contribution in [0.25, 0.3) is 0 Å². The summed E-state index contributed by atoms with van der Waals surface area (Å²) in [5, 5.41) is 12.9. The van der Waals surface area contributed by atoms with Gasteiger partial charge in [-0.2, -0.15) is 0 Å². The molecule has 0 spiro atoms. The van der Waals surface area contributed by atoms with E-state index in [0.29, 0.717) is 12.8 Å². The summed E-state index contributed by atoms with van der Waals surface area (Å²) in [6, 6.07) is 17.1. The lowest BCUT2D eigenvalue weighted by Crippen LogP contribution is -2.42. The maximum absolute atomic E-state index is 13.1. The van der Waals surface area contributed by atoms with E-state index < -0.39 is 5.41 Å². The largest absolute Gasteiger partial charge is 0.508 e. The van der Waals surface area contributed by atoms with Gasteiger partial charge in [0.15, 0.2) is 0 Å². The molecule has 0 radical (unpaired) electrons. The molecular weight excluding hydrogens is 286 g/mol. The Morgan fingerprint density at radius 3 is 2.17 bits per heavy atom. The zero-order valence-electron chi connectivity index (χ0n) is 14.0. The smallest absolute Gasteiger partial charge is 0.147 e. The Balaban J connectivity index is 2.68. The molecular formula is C20H25NO2. The number of carbonyl (C=O) groups is 1. The number of Topliss-reactive ketones (excluding diaryl/α,β-unsaturated/α-hetero) is 1. The van der Waals surface area contributed by atoms with E-state index >= 15 is 0 Å².